The molecule has 30 heavy (non-hydrogen) atoms. The minimum absolute atomic E-state index is 0.365. The number of H-pyrrole nitrogens is 1. The summed E-state index contributed by atoms with van der Waals surface area (Å²) in [5.41, 5.74) is 4.38. The fourth-order valence-corrected chi connectivity index (χ4v) is 2.93. The quantitative estimate of drug-likeness (QED) is 0.305. The van der Waals surface area contributed by atoms with Gasteiger partial charge in [-0.2, -0.15) is 14.9 Å². The molecule has 0 amide bonds. The predicted molar refractivity (Wildman–Crippen MR) is 117 cm³/mol. The van der Waals surface area contributed by atoms with Gasteiger partial charge in [-0.3, -0.25) is 0 Å². The molecule has 0 aliphatic rings. The maximum atomic E-state index is 5.48. The van der Waals surface area contributed by atoms with Crippen molar-refractivity contribution in [3.05, 3.63) is 46.7 Å². The lowest BCUT2D eigenvalue weighted by Gasteiger charge is -2.12. The Balaban J connectivity index is 1.88. The van der Waals surface area contributed by atoms with E-state index in [0.717, 1.165) is 11.3 Å². The molecule has 2 aromatic carbocycles. The minimum Gasteiger partial charge on any atom is -0.496 e. The van der Waals surface area contributed by atoms with Gasteiger partial charge in [-0.05, 0) is 43.4 Å². The van der Waals surface area contributed by atoms with Crippen LogP contribution in [0.3, 0.4) is 0 Å². The Kier molecular flexibility index (Phi) is 6.91. The van der Waals surface area contributed by atoms with Crippen molar-refractivity contribution in [3.8, 4) is 34.4 Å². The number of aromatic amines is 1. The van der Waals surface area contributed by atoms with E-state index < -0.39 is 0 Å². The zero-order valence-electron chi connectivity index (χ0n) is 17.1. The van der Waals surface area contributed by atoms with Crippen LogP contribution in [0.5, 0.6) is 23.0 Å². The van der Waals surface area contributed by atoms with Crippen molar-refractivity contribution in [1.82, 2.24) is 14.9 Å². The van der Waals surface area contributed by atoms with Gasteiger partial charge in [0.25, 0.3) is 0 Å². The van der Waals surface area contributed by atoms with Gasteiger partial charge < -0.3 is 18.9 Å². The van der Waals surface area contributed by atoms with E-state index in [-0.39, 0.29) is 0 Å². The van der Waals surface area contributed by atoms with E-state index in [4.69, 9.17) is 31.2 Å². The van der Waals surface area contributed by atoms with E-state index in [2.05, 4.69) is 20.8 Å². The van der Waals surface area contributed by atoms with Gasteiger partial charge in [-0.25, -0.2) is 10.6 Å². The summed E-state index contributed by atoms with van der Waals surface area (Å²) in [5, 5.41) is 11.3. The van der Waals surface area contributed by atoms with Crippen LogP contribution >= 0.6 is 12.2 Å². The monoisotopic (exact) mass is 429 g/mol. The molecule has 0 saturated carbocycles. The molecule has 9 nitrogen and oxygen atoms in total. The molecule has 0 spiro atoms. The molecule has 3 rings (SSSR count). The first kappa shape index (κ1) is 21.2. The lowest BCUT2D eigenvalue weighted by atomic mass is 10.2. The van der Waals surface area contributed by atoms with E-state index in [1.54, 1.807) is 44.4 Å². The van der Waals surface area contributed by atoms with Crippen molar-refractivity contribution in [3.63, 3.8) is 0 Å². The van der Waals surface area contributed by atoms with Crippen LogP contribution in [0.1, 0.15) is 12.5 Å². The summed E-state index contributed by atoms with van der Waals surface area (Å²) in [7, 11) is 4.71. The zero-order valence-corrected chi connectivity index (χ0v) is 17.9. The average Bonchev–Trinajstić information content (AvgIpc) is 3.14. The standard InChI is InChI=1S/C20H23N5O4S/c1-5-29-14-8-6-13(7-9-14)19-22-23-20(30)25(19)24-21-12-16-17(27-3)10-15(26-2)11-18(16)28-4/h6-12,24H,5H2,1-4H3,(H,23,30)/b21-12-. The number of nitrogens with zero attached hydrogens (tertiary/aromatic N) is 3. The van der Waals surface area contributed by atoms with Crippen LogP contribution in [-0.4, -0.2) is 49.0 Å². The van der Waals surface area contributed by atoms with Crippen molar-refractivity contribution in [2.45, 2.75) is 6.92 Å². The highest BCUT2D eigenvalue weighted by Crippen LogP contribution is 2.32. The Morgan fingerprint density at radius 2 is 1.73 bits per heavy atom. The Morgan fingerprint density at radius 3 is 2.30 bits per heavy atom. The van der Waals surface area contributed by atoms with E-state index in [1.807, 2.05) is 31.2 Å². The second kappa shape index (κ2) is 9.79. The fourth-order valence-electron chi connectivity index (χ4n) is 2.76. The minimum atomic E-state index is 0.365. The molecule has 10 heteroatoms. The molecule has 1 heterocycles. The van der Waals surface area contributed by atoms with Crippen LogP contribution in [0.2, 0.25) is 0 Å². The fraction of sp³-hybridized carbons (Fsp3) is 0.250. The summed E-state index contributed by atoms with van der Waals surface area (Å²) in [5.74, 6) is 3.09. The van der Waals surface area contributed by atoms with E-state index in [9.17, 15) is 0 Å². The molecule has 0 atom stereocenters. The van der Waals surface area contributed by atoms with Crippen molar-refractivity contribution in [1.29, 1.82) is 0 Å². The van der Waals surface area contributed by atoms with Crippen molar-refractivity contribution in [2.24, 2.45) is 5.10 Å². The maximum absolute atomic E-state index is 5.48. The summed E-state index contributed by atoms with van der Waals surface area (Å²) in [6.45, 7) is 2.54. The molecular formula is C20H23N5O4S. The first-order valence-corrected chi connectivity index (χ1v) is 9.51. The van der Waals surface area contributed by atoms with Gasteiger partial charge in [0.15, 0.2) is 5.82 Å². The number of ether oxygens (including phenoxy) is 4. The lowest BCUT2D eigenvalue weighted by Crippen LogP contribution is -2.11. The molecule has 0 radical (unpaired) electrons. The maximum Gasteiger partial charge on any atom is 0.216 e. The summed E-state index contributed by atoms with van der Waals surface area (Å²) in [6.07, 6.45) is 1.58. The second-order valence-corrected chi connectivity index (χ2v) is 6.34. The number of rotatable bonds is 9. The summed E-state index contributed by atoms with van der Waals surface area (Å²) < 4.78 is 23.5. The molecular weight excluding hydrogens is 406 g/mol. The number of hydrogen-bond acceptors (Lipinski definition) is 8. The second-order valence-electron chi connectivity index (χ2n) is 5.95. The molecule has 1 aromatic heterocycles. The molecule has 2 N–H and O–H groups in total. The van der Waals surface area contributed by atoms with E-state index in [0.29, 0.717) is 40.0 Å². The molecule has 0 fully saturated rings. The number of nitrogens with one attached hydrogen (secondary N) is 2. The Labute approximate surface area is 179 Å². The predicted octanol–water partition coefficient (Wildman–Crippen LogP) is 3.61. The van der Waals surface area contributed by atoms with Gasteiger partial charge in [-0.15, -0.1) is 0 Å². The summed E-state index contributed by atoms with van der Waals surface area (Å²) in [6, 6.07) is 11.0. The molecule has 0 saturated heterocycles. The number of aromatic nitrogens is 3. The summed E-state index contributed by atoms with van der Waals surface area (Å²) >= 11 is 5.32. The third-order valence-electron chi connectivity index (χ3n) is 4.20. The van der Waals surface area contributed by atoms with Crippen molar-refractivity contribution >= 4 is 18.4 Å². The molecule has 158 valence electrons. The van der Waals surface area contributed by atoms with Crippen LogP contribution in [0.15, 0.2) is 41.5 Å². The van der Waals surface area contributed by atoms with Gasteiger partial charge in [0, 0.05) is 17.7 Å². The van der Waals surface area contributed by atoms with Crippen molar-refractivity contribution < 1.29 is 18.9 Å². The third-order valence-corrected chi connectivity index (χ3v) is 4.47. The first-order chi connectivity index (χ1) is 14.6. The number of hydrogen-bond donors (Lipinski definition) is 2. The number of hydrazone groups is 1. The van der Waals surface area contributed by atoms with Gasteiger partial charge in [0.05, 0.1) is 39.7 Å². The summed E-state index contributed by atoms with van der Waals surface area (Å²) in [4.78, 5) is 0. The zero-order chi connectivity index (χ0) is 21.5. The van der Waals surface area contributed by atoms with Crippen LogP contribution < -0.4 is 24.5 Å². The highest BCUT2D eigenvalue weighted by Gasteiger charge is 2.12. The molecule has 0 unspecified atom stereocenters. The highest BCUT2D eigenvalue weighted by molar-refractivity contribution is 7.71. The molecule has 0 aliphatic carbocycles. The number of methoxy groups -OCH3 is 3. The largest absolute Gasteiger partial charge is 0.496 e. The van der Waals surface area contributed by atoms with Gasteiger partial charge in [0.1, 0.15) is 23.0 Å². The van der Waals surface area contributed by atoms with Crippen molar-refractivity contribution in [2.75, 3.05) is 33.5 Å². The average molecular weight is 430 g/mol. The molecule has 0 bridgehead atoms. The normalized spacial score (nSPS) is 10.8. The van der Waals surface area contributed by atoms with E-state index >= 15 is 0 Å². The smallest absolute Gasteiger partial charge is 0.216 e. The van der Waals surface area contributed by atoms with Gasteiger partial charge in [0.2, 0.25) is 4.77 Å². The first-order valence-electron chi connectivity index (χ1n) is 9.11. The lowest BCUT2D eigenvalue weighted by molar-refractivity contribution is 0.340. The Hall–Kier alpha value is -3.53. The topological polar surface area (TPSA) is 94.9 Å². The van der Waals surface area contributed by atoms with Crippen LogP contribution in [0.4, 0.5) is 0 Å². The third kappa shape index (κ3) is 4.54. The van der Waals surface area contributed by atoms with Crippen LogP contribution in [-0.2, 0) is 0 Å². The van der Waals surface area contributed by atoms with Gasteiger partial charge >= 0.3 is 0 Å². The van der Waals surface area contributed by atoms with Gasteiger partial charge in [-0.1, -0.05) is 0 Å². The molecule has 0 aliphatic heterocycles. The van der Waals surface area contributed by atoms with Crippen LogP contribution in [0, 0.1) is 4.77 Å². The number of benzene rings is 2. The highest BCUT2D eigenvalue weighted by atomic mass is 32.1. The Bertz CT molecular complexity index is 1050. The van der Waals surface area contributed by atoms with Crippen LogP contribution in [0.25, 0.3) is 11.4 Å². The Morgan fingerprint density at radius 1 is 1.07 bits per heavy atom. The molecule has 3 aromatic rings. The SMILES string of the molecule is CCOc1ccc(-c2n[nH]c(=S)n2N/N=C\c2c(OC)cc(OC)cc2OC)cc1. The van der Waals surface area contributed by atoms with E-state index in [1.165, 1.54) is 0 Å².